The lowest BCUT2D eigenvalue weighted by atomic mass is 10.0. The van der Waals surface area contributed by atoms with Crippen molar-refractivity contribution < 1.29 is 9.26 Å². The van der Waals surface area contributed by atoms with Gasteiger partial charge in [-0.2, -0.15) is 4.98 Å². The van der Waals surface area contributed by atoms with Crippen LogP contribution in [0.1, 0.15) is 55.8 Å². The summed E-state index contributed by atoms with van der Waals surface area (Å²) < 4.78 is 11.0. The van der Waals surface area contributed by atoms with Gasteiger partial charge in [0.25, 0.3) is 5.89 Å². The van der Waals surface area contributed by atoms with E-state index in [0.717, 1.165) is 11.6 Å². The molecule has 1 saturated carbocycles. The highest BCUT2D eigenvalue weighted by Gasteiger charge is 2.28. The van der Waals surface area contributed by atoms with Gasteiger partial charge in [-0.1, -0.05) is 37.2 Å². The van der Waals surface area contributed by atoms with Gasteiger partial charge in [-0.3, -0.25) is 0 Å². The summed E-state index contributed by atoms with van der Waals surface area (Å²) in [7, 11) is 0. The van der Waals surface area contributed by atoms with E-state index in [4.69, 9.17) is 9.26 Å². The molecule has 4 heteroatoms. The number of hydrogen-bond acceptors (Lipinski definition) is 4. The van der Waals surface area contributed by atoms with Crippen LogP contribution in [0, 0.1) is 0 Å². The minimum atomic E-state index is 0.337. The van der Waals surface area contributed by atoms with Crippen molar-refractivity contribution in [3.8, 4) is 5.75 Å². The molecule has 1 aromatic heterocycles. The largest absolute Gasteiger partial charge is 0.483 e. The summed E-state index contributed by atoms with van der Waals surface area (Å²) in [6.45, 7) is 4.64. The van der Waals surface area contributed by atoms with E-state index >= 15 is 0 Å². The van der Waals surface area contributed by atoms with Gasteiger partial charge in [0.15, 0.2) is 12.4 Å². The third-order valence-corrected chi connectivity index (χ3v) is 3.32. The zero-order chi connectivity index (χ0) is 13.2. The van der Waals surface area contributed by atoms with Crippen molar-refractivity contribution in [1.82, 2.24) is 10.1 Å². The smallest absolute Gasteiger partial charge is 0.264 e. The Hall–Kier alpha value is -1.84. The summed E-state index contributed by atoms with van der Waals surface area (Å²) >= 11 is 0. The lowest BCUT2D eigenvalue weighted by Crippen LogP contribution is -2.00. The first-order chi connectivity index (χ1) is 9.24. The van der Waals surface area contributed by atoms with E-state index in [2.05, 4.69) is 30.1 Å². The quantitative estimate of drug-likeness (QED) is 0.821. The van der Waals surface area contributed by atoms with Gasteiger partial charge < -0.3 is 9.26 Å². The molecule has 0 aliphatic heterocycles. The number of para-hydroxylation sites is 1. The van der Waals surface area contributed by atoms with Gasteiger partial charge in [-0.15, -0.1) is 0 Å². The van der Waals surface area contributed by atoms with E-state index in [0.29, 0.717) is 24.3 Å². The normalized spacial score (nSPS) is 14.9. The topological polar surface area (TPSA) is 48.2 Å². The molecule has 0 amide bonds. The molecule has 1 aliphatic rings. The first-order valence-electron chi connectivity index (χ1n) is 6.78. The molecule has 3 rings (SSSR count). The van der Waals surface area contributed by atoms with Gasteiger partial charge >= 0.3 is 0 Å². The average molecular weight is 258 g/mol. The number of rotatable bonds is 5. The van der Waals surface area contributed by atoms with Crippen LogP contribution in [0.25, 0.3) is 0 Å². The molecule has 0 unspecified atom stereocenters. The van der Waals surface area contributed by atoms with Gasteiger partial charge in [-0.25, -0.2) is 0 Å². The van der Waals surface area contributed by atoms with E-state index < -0.39 is 0 Å². The summed E-state index contributed by atoms with van der Waals surface area (Å²) in [6, 6.07) is 8.07. The summed E-state index contributed by atoms with van der Waals surface area (Å²) in [5, 5.41) is 3.98. The van der Waals surface area contributed by atoms with Crippen LogP contribution in [0.2, 0.25) is 0 Å². The predicted octanol–water partition coefficient (Wildman–Crippen LogP) is 3.65. The van der Waals surface area contributed by atoms with Crippen molar-refractivity contribution in [2.45, 2.75) is 45.1 Å². The minimum absolute atomic E-state index is 0.337. The van der Waals surface area contributed by atoms with Crippen LogP contribution in [0.4, 0.5) is 0 Å². The van der Waals surface area contributed by atoms with Gasteiger partial charge in [0.05, 0.1) is 0 Å². The maximum Gasteiger partial charge on any atom is 0.264 e. The molecule has 0 bridgehead atoms. The van der Waals surface area contributed by atoms with Gasteiger partial charge in [0, 0.05) is 5.92 Å². The first-order valence-corrected chi connectivity index (χ1v) is 6.78. The Bertz CT molecular complexity index is 559. The highest BCUT2D eigenvalue weighted by atomic mass is 16.5. The highest BCUT2D eigenvalue weighted by molar-refractivity contribution is 5.35. The molecule has 1 heterocycles. The van der Waals surface area contributed by atoms with Crippen LogP contribution in [0.5, 0.6) is 5.75 Å². The number of aromatic nitrogens is 2. The lowest BCUT2D eigenvalue weighted by Gasteiger charge is -2.12. The second-order valence-electron chi connectivity index (χ2n) is 5.30. The molecule has 19 heavy (non-hydrogen) atoms. The molecule has 0 saturated heterocycles. The Kier molecular flexibility index (Phi) is 3.23. The fourth-order valence-electron chi connectivity index (χ4n) is 2.06. The molecule has 0 N–H and O–H groups in total. The first kappa shape index (κ1) is 12.2. The van der Waals surface area contributed by atoms with Crippen molar-refractivity contribution in [2.75, 3.05) is 0 Å². The van der Waals surface area contributed by atoms with Crippen LogP contribution >= 0.6 is 0 Å². The standard InChI is InChI=1S/C15H18N2O2/c1-10(2)12-5-3-4-6-13(12)18-9-14-16-15(17-19-14)11-7-8-11/h3-6,10-11H,7-9H2,1-2H3. The van der Waals surface area contributed by atoms with Crippen molar-refractivity contribution in [2.24, 2.45) is 0 Å². The Balaban J connectivity index is 1.67. The molecule has 1 aromatic carbocycles. The summed E-state index contributed by atoms with van der Waals surface area (Å²) in [4.78, 5) is 4.36. The molecule has 0 radical (unpaired) electrons. The van der Waals surface area contributed by atoms with E-state index in [-0.39, 0.29) is 0 Å². The number of ether oxygens (including phenoxy) is 1. The van der Waals surface area contributed by atoms with E-state index in [1.807, 2.05) is 18.2 Å². The zero-order valence-corrected chi connectivity index (χ0v) is 11.3. The number of nitrogens with zero attached hydrogens (tertiary/aromatic N) is 2. The molecule has 1 aliphatic carbocycles. The Morgan fingerprint density at radius 2 is 2.11 bits per heavy atom. The maximum absolute atomic E-state index is 5.80. The summed E-state index contributed by atoms with van der Waals surface area (Å²) in [5.74, 6) is 3.22. The maximum atomic E-state index is 5.80. The highest BCUT2D eigenvalue weighted by Crippen LogP contribution is 2.38. The average Bonchev–Trinajstić information content (AvgIpc) is 3.16. The molecule has 0 atom stereocenters. The second kappa shape index (κ2) is 5.03. The minimum Gasteiger partial charge on any atom is -0.483 e. The van der Waals surface area contributed by atoms with E-state index in [9.17, 15) is 0 Å². The Morgan fingerprint density at radius 3 is 2.84 bits per heavy atom. The SMILES string of the molecule is CC(C)c1ccccc1OCc1nc(C2CC2)no1. The third-order valence-electron chi connectivity index (χ3n) is 3.32. The van der Waals surface area contributed by atoms with Crippen molar-refractivity contribution >= 4 is 0 Å². The Labute approximate surface area is 112 Å². The lowest BCUT2D eigenvalue weighted by molar-refractivity contribution is 0.240. The summed E-state index contributed by atoms with van der Waals surface area (Å²) in [6.07, 6.45) is 2.35. The van der Waals surface area contributed by atoms with E-state index in [1.165, 1.54) is 18.4 Å². The van der Waals surface area contributed by atoms with Crippen LogP contribution < -0.4 is 4.74 Å². The van der Waals surface area contributed by atoms with Crippen LogP contribution in [-0.4, -0.2) is 10.1 Å². The molecule has 4 nitrogen and oxygen atoms in total. The van der Waals surface area contributed by atoms with E-state index in [1.54, 1.807) is 0 Å². The van der Waals surface area contributed by atoms with Gasteiger partial charge in [-0.05, 0) is 30.4 Å². The Morgan fingerprint density at radius 1 is 1.32 bits per heavy atom. The fourth-order valence-corrected chi connectivity index (χ4v) is 2.06. The van der Waals surface area contributed by atoms with Crippen LogP contribution in [0.15, 0.2) is 28.8 Å². The van der Waals surface area contributed by atoms with Crippen molar-refractivity contribution in [3.05, 3.63) is 41.5 Å². The molecular weight excluding hydrogens is 240 g/mol. The predicted molar refractivity (Wildman–Crippen MR) is 71.1 cm³/mol. The molecule has 0 spiro atoms. The molecule has 100 valence electrons. The molecular formula is C15H18N2O2. The van der Waals surface area contributed by atoms with Gasteiger partial charge in [0.1, 0.15) is 5.75 Å². The van der Waals surface area contributed by atoms with Crippen LogP contribution in [0.3, 0.4) is 0 Å². The number of hydrogen-bond donors (Lipinski definition) is 0. The molecule has 1 fully saturated rings. The number of benzene rings is 1. The summed E-state index contributed by atoms with van der Waals surface area (Å²) in [5.41, 5.74) is 1.20. The monoisotopic (exact) mass is 258 g/mol. The van der Waals surface area contributed by atoms with Crippen molar-refractivity contribution in [1.29, 1.82) is 0 Å². The fraction of sp³-hybridized carbons (Fsp3) is 0.467. The van der Waals surface area contributed by atoms with Gasteiger partial charge in [0.2, 0.25) is 0 Å². The zero-order valence-electron chi connectivity index (χ0n) is 11.3. The van der Waals surface area contributed by atoms with Crippen molar-refractivity contribution in [3.63, 3.8) is 0 Å². The second-order valence-corrected chi connectivity index (χ2v) is 5.30. The van der Waals surface area contributed by atoms with Crippen LogP contribution in [-0.2, 0) is 6.61 Å². The molecule has 2 aromatic rings. The third kappa shape index (κ3) is 2.78.